The second-order valence-electron chi connectivity index (χ2n) is 8.34. The van der Waals surface area contributed by atoms with E-state index in [0.29, 0.717) is 18.9 Å². The summed E-state index contributed by atoms with van der Waals surface area (Å²) in [6.45, 7) is 0.317. The van der Waals surface area contributed by atoms with E-state index in [0.717, 1.165) is 59.3 Å². The number of fused-ring (bicyclic) bond motifs is 3. The van der Waals surface area contributed by atoms with Gasteiger partial charge in [0.1, 0.15) is 17.0 Å². The van der Waals surface area contributed by atoms with Crippen molar-refractivity contribution in [3.05, 3.63) is 54.6 Å². The molecular weight excluding hydrogens is 402 g/mol. The van der Waals surface area contributed by atoms with Crippen LogP contribution in [0.15, 0.2) is 48.8 Å². The number of anilines is 1. The topological polar surface area (TPSA) is 111 Å². The number of carbonyl (C=O) groups is 1. The van der Waals surface area contributed by atoms with Crippen molar-refractivity contribution in [1.82, 2.24) is 24.8 Å². The summed E-state index contributed by atoms with van der Waals surface area (Å²) in [6, 6.07) is 13.7. The number of nitrogens with zero attached hydrogens (tertiary/aromatic N) is 4. The van der Waals surface area contributed by atoms with Crippen molar-refractivity contribution < 1.29 is 4.79 Å². The maximum Gasteiger partial charge on any atom is 0.319 e. The van der Waals surface area contributed by atoms with Crippen LogP contribution in [0.2, 0.25) is 0 Å². The number of urea groups is 1. The molecule has 0 aliphatic heterocycles. The molecule has 1 aliphatic carbocycles. The number of rotatable bonds is 5. The zero-order chi connectivity index (χ0) is 21.9. The van der Waals surface area contributed by atoms with Gasteiger partial charge in [0.25, 0.3) is 0 Å². The zero-order valence-corrected chi connectivity index (χ0v) is 17.7. The largest absolute Gasteiger partial charge is 0.346 e. The lowest BCUT2D eigenvalue weighted by Gasteiger charge is -2.30. The molecule has 2 amide bonds. The number of benzene rings is 1. The van der Waals surface area contributed by atoms with Crippen LogP contribution in [0.25, 0.3) is 22.1 Å². The second-order valence-corrected chi connectivity index (χ2v) is 8.34. The smallest absolute Gasteiger partial charge is 0.319 e. The number of H-pyrrole nitrogens is 1. The molecule has 162 valence electrons. The molecule has 1 saturated carbocycles. The summed E-state index contributed by atoms with van der Waals surface area (Å²) in [5.74, 6) is 1.29. The molecule has 32 heavy (non-hydrogen) atoms. The highest BCUT2D eigenvalue weighted by Crippen LogP contribution is 2.37. The number of imidazole rings is 1. The Balaban J connectivity index is 1.43. The lowest BCUT2D eigenvalue weighted by molar-refractivity contribution is 0.250. The standard InChI is InChI=1S/C24H25N7O/c25-12-10-16-6-8-18(9-7-16)31-21(15-28-24(32)29-17-4-2-1-3-5-17)30-20-14-27-23-19(22(20)31)11-13-26-23/h1-5,11,13-14,16,18H,6-10,15H2,(H,26,27)(H2,28,29,32). The van der Waals surface area contributed by atoms with Gasteiger partial charge in [-0.2, -0.15) is 5.26 Å². The fourth-order valence-electron chi connectivity index (χ4n) is 4.75. The molecule has 1 fully saturated rings. The van der Waals surface area contributed by atoms with E-state index < -0.39 is 0 Å². The van der Waals surface area contributed by atoms with E-state index in [9.17, 15) is 4.79 Å². The number of hydrogen-bond acceptors (Lipinski definition) is 4. The van der Waals surface area contributed by atoms with Crippen LogP contribution in [0.1, 0.15) is 44.0 Å². The Morgan fingerprint density at radius 3 is 2.78 bits per heavy atom. The van der Waals surface area contributed by atoms with Gasteiger partial charge in [0.05, 0.1) is 24.3 Å². The number of aromatic amines is 1. The molecular formula is C24H25N7O. The number of pyridine rings is 1. The Kier molecular flexibility index (Phi) is 5.46. The molecule has 0 bridgehead atoms. The third-order valence-electron chi connectivity index (χ3n) is 6.31. The first-order valence-electron chi connectivity index (χ1n) is 11.0. The van der Waals surface area contributed by atoms with Crippen LogP contribution < -0.4 is 10.6 Å². The van der Waals surface area contributed by atoms with Gasteiger partial charge in [-0.15, -0.1) is 0 Å². The van der Waals surface area contributed by atoms with Crippen LogP contribution in [-0.4, -0.2) is 25.6 Å². The Labute approximate surface area is 185 Å². The minimum atomic E-state index is -0.266. The van der Waals surface area contributed by atoms with Crippen molar-refractivity contribution in [2.45, 2.75) is 44.7 Å². The number of hydrogen-bond donors (Lipinski definition) is 3. The number of aromatic nitrogens is 4. The molecule has 0 atom stereocenters. The first kappa shape index (κ1) is 20.1. The summed E-state index contributed by atoms with van der Waals surface area (Å²) in [5, 5.41) is 15.9. The van der Waals surface area contributed by atoms with Gasteiger partial charge in [0.2, 0.25) is 0 Å². The van der Waals surface area contributed by atoms with Gasteiger partial charge >= 0.3 is 6.03 Å². The summed E-state index contributed by atoms with van der Waals surface area (Å²) in [7, 11) is 0. The molecule has 3 aromatic heterocycles. The highest BCUT2D eigenvalue weighted by Gasteiger charge is 2.27. The molecule has 0 spiro atoms. The molecule has 3 N–H and O–H groups in total. The molecule has 0 unspecified atom stereocenters. The third kappa shape index (κ3) is 3.89. The van der Waals surface area contributed by atoms with E-state index in [-0.39, 0.29) is 12.1 Å². The Morgan fingerprint density at radius 1 is 1.19 bits per heavy atom. The summed E-state index contributed by atoms with van der Waals surface area (Å²) in [4.78, 5) is 25.0. The molecule has 4 aromatic rings. The molecule has 8 heteroatoms. The number of para-hydroxylation sites is 1. The van der Waals surface area contributed by atoms with Crippen LogP contribution in [0.3, 0.4) is 0 Å². The van der Waals surface area contributed by atoms with Crippen LogP contribution in [0.5, 0.6) is 0 Å². The lowest BCUT2D eigenvalue weighted by Crippen LogP contribution is -2.30. The normalized spacial score (nSPS) is 18.5. The van der Waals surface area contributed by atoms with Crippen molar-refractivity contribution in [3.63, 3.8) is 0 Å². The van der Waals surface area contributed by atoms with Gasteiger partial charge in [-0.25, -0.2) is 14.8 Å². The van der Waals surface area contributed by atoms with Crippen molar-refractivity contribution in [1.29, 1.82) is 5.26 Å². The molecule has 8 nitrogen and oxygen atoms in total. The van der Waals surface area contributed by atoms with E-state index >= 15 is 0 Å². The Bertz CT molecular complexity index is 1280. The van der Waals surface area contributed by atoms with Gasteiger partial charge in [-0.05, 0) is 49.8 Å². The fourth-order valence-corrected chi connectivity index (χ4v) is 4.75. The van der Waals surface area contributed by atoms with Gasteiger partial charge < -0.3 is 20.2 Å². The molecule has 0 radical (unpaired) electrons. The third-order valence-corrected chi connectivity index (χ3v) is 6.31. The van der Waals surface area contributed by atoms with E-state index in [2.05, 4.69) is 31.2 Å². The highest BCUT2D eigenvalue weighted by atomic mass is 16.2. The van der Waals surface area contributed by atoms with Crippen LogP contribution in [-0.2, 0) is 6.54 Å². The average Bonchev–Trinajstić information content (AvgIpc) is 3.43. The zero-order valence-electron chi connectivity index (χ0n) is 17.7. The maximum absolute atomic E-state index is 12.5. The van der Waals surface area contributed by atoms with Crippen LogP contribution >= 0.6 is 0 Å². The summed E-state index contributed by atoms with van der Waals surface area (Å²) in [5.41, 5.74) is 3.46. The number of nitriles is 1. The molecule has 5 rings (SSSR count). The van der Waals surface area contributed by atoms with Crippen molar-refractivity contribution >= 4 is 33.8 Å². The molecule has 1 aliphatic rings. The van der Waals surface area contributed by atoms with Gasteiger partial charge in [-0.1, -0.05) is 18.2 Å². The minimum Gasteiger partial charge on any atom is -0.346 e. The molecule has 1 aromatic carbocycles. The van der Waals surface area contributed by atoms with Crippen LogP contribution in [0.4, 0.5) is 10.5 Å². The first-order valence-corrected chi connectivity index (χ1v) is 11.0. The predicted molar refractivity (Wildman–Crippen MR) is 123 cm³/mol. The summed E-state index contributed by atoms with van der Waals surface area (Å²) in [6.07, 6.45) is 8.35. The maximum atomic E-state index is 12.5. The second kappa shape index (κ2) is 8.71. The van der Waals surface area contributed by atoms with E-state index in [1.54, 1.807) is 6.20 Å². The highest BCUT2D eigenvalue weighted by molar-refractivity contribution is 6.01. The lowest BCUT2D eigenvalue weighted by atomic mass is 9.84. The monoisotopic (exact) mass is 427 g/mol. The van der Waals surface area contributed by atoms with E-state index in [1.165, 1.54) is 0 Å². The van der Waals surface area contributed by atoms with E-state index in [1.807, 2.05) is 42.6 Å². The number of amides is 2. The van der Waals surface area contributed by atoms with Gasteiger partial charge in [0.15, 0.2) is 0 Å². The minimum absolute atomic E-state index is 0.266. The quantitative estimate of drug-likeness (QED) is 0.421. The summed E-state index contributed by atoms with van der Waals surface area (Å²) >= 11 is 0. The van der Waals surface area contributed by atoms with Gasteiger partial charge in [0, 0.05) is 29.7 Å². The SMILES string of the molecule is N#CCC1CCC(n2c(CNC(=O)Nc3ccccc3)nc3cnc4[nH]ccc4c32)CC1. The van der Waals surface area contributed by atoms with Crippen molar-refractivity contribution in [2.75, 3.05) is 5.32 Å². The summed E-state index contributed by atoms with van der Waals surface area (Å²) < 4.78 is 2.29. The van der Waals surface area contributed by atoms with Crippen molar-refractivity contribution in [2.24, 2.45) is 5.92 Å². The molecule has 0 saturated heterocycles. The Hall–Kier alpha value is -3.86. The van der Waals surface area contributed by atoms with Crippen LogP contribution in [0, 0.1) is 17.2 Å². The van der Waals surface area contributed by atoms with Crippen molar-refractivity contribution in [3.8, 4) is 6.07 Å². The predicted octanol–water partition coefficient (Wildman–Crippen LogP) is 4.88. The first-order chi connectivity index (χ1) is 15.7. The number of nitrogens with one attached hydrogen (secondary N) is 3. The van der Waals surface area contributed by atoms with E-state index in [4.69, 9.17) is 10.2 Å². The average molecular weight is 428 g/mol. The fraction of sp³-hybridized carbons (Fsp3) is 0.333. The van der Waals surface area contributed by atoms with Gasteiger partial charge in [-0.3, -0.25) is 0 Å². The Morgan fingerprint density at radius 2 is 2.00 bits per heavy atom. The number of carbonyl (C=O) groups excluding carboxylic acids is 1. The molecule has 3 heterocycles.